The molecular formula is C15H20O4. The van der Waals surface area contributed by atoms with Crippen LogP contribution >= 0.6 is 0 Å². The van der Waals surface area contributed by atoms with E-state index in [-0.39, 0.29) is 0 Å². The number of rotatable bonds is 2. The molecule has 0 aliphatic carbocycles. The zero-order valence-corrected chi connectivity index (χ0v) is 12.1. The minimum Gasteiger partial charge on any atom is -0.496 e. The van der Waals surface area contributed by atoms with Crippen molar-refractivity contribution in [1.29, 1.82) is 0 Å². The molecule has 1 aliphatic heterocycles. The molecule has 1 heterocycles. The van der Waals surface area contributed by atoms with Crippen molar-refractivity contribution in [2.45, 2.75) is 46.1 Å². The van der Waals surface area contributed by atoms with Crippen LogP contribution in [0, 0.1) is 20.8 Å². The highest BCUT2D eigenvalue weighted by Crippen LogP contribution is 2.43. The molecule has 2 rings (SSSR count). The van der Waals surface area contributed by atoms with E-state index < -0.39 is 11.6 Å². The van der Waals surface area contributed by atoms with Gasteiger partial charge in [0.2, 0.25) is 5.60 Å². The Kier molecular flexibility index (Phi) is 3.20. The van der Waals surface area contributed by atoms with Crippen LogP contribution in [0.2, 0.25) is 0 Å². The predicted molar refractivity (Wildman–Crippen MR) is 72.2 cm³/mol. The quantitative estimate of drug-likeness (QED) is 0.892. The van der Waals surface area contributed by atoms with Crippen LogP contribution in [0.3, 0.4) is 0 Å². The first-order valence-corrected chi connectivity index (χ1v) is 6.41. The molecule has 0 saturated carbocycles. The average Bonchev–Trinajstić information content (AvgIpc) is 2.36. The van der Waals surface area contributed by atoms with Gasteiger partial charge in [0.05, 0.1) is 7.11 Å². The largest absolute Gasteiger partial charge is 0.496 e. The Morgan fingerprint density at radius 3 is 2.42 bits per heavy atom. The van der Waals surface area contributed by atoms with E-state index in [2.05, 4.69) is 0 Å². The summed E-state index contributed by atoms with van der Waals surface area (Å²) < 4.78 is 11.3. The number of aliphatic carboxylic acids is 1. The van der Waals surface area contributed by atoms with Gasteiger partial charge in [0.1, 0.15) is 11.5 Å². The second kappa shape index (κ2) is 4.44. The van der Waals surface area contributed by atoms with E-state index in [1.54, 1.807) is 14.0 Å². The van der Waals surface area contributed by atoms with E-state index in [0.717, 1.165) is 28.0 Å². The van der Waals surface area contributed by atoms with Gasteiger partial charge in [-0.25, -0.2) is 4.79 Å². The molecule has 1 N–H and O–H groups in total. The minimum absolute atomic E-state index is 0.474. The van der Waals surface area contributed by atoms with Crippen molar-refractivity contribution < 1.29 is 19.4 Å². The molecule has 1 aliphatic rings. The molecule has 19 heavy (non-hydrogen) atoms. The van der Waals surface area contributed by atoms with Crippen LogP contribution in [0.1, 0.15) is 35.6 Å². The summed E-state index contributed by atoms with van der Waals surface area (Å²) in [5.41, 5.74) is 2.95. The molecule has 0 aromatic heterocycles. The lowest BCUT2D eigenvalue weighted by atomic mass is 9.87. The molecule has 104 valence electrons. The summed E-state index contributed by atoms with van der Waals surface area (Å²) in [6.07, 6.45) is 1.17. The smallest absolute Gasteiger partial charge is 0.347 e. The molecule has 0 bridgehead atoms. The summed E-state index contributed by atoms with van der Waals surface area (Å²) >= 11 is 0. The maximum Gasteiger partial charge on any atom is 0.347 e. The number of benzene rings is 1. The summed E-state index contributed by atoms with van der Waals surface area (Å²) in [5, 5.41) is 9.30. The second-order valence-electron chi connectivity index (χ2n) is 5.35. The maximum absolute atomic E-state index is 11.3. The van der Waals surface area contributed by atoms with Crippen LogP contribution in [-0.4, -0.2) is 23.8 Å². The van der Waals surface area contributed by atoms with Gasteiger partial charge in [-0.1, -0.05) is 0 Å². The maximum atomic E-state index is 11.3. The Morgan fingerprint density at radius 2 is 1.89 bits per heavy atom. The van der Waals surface area contributed by atoms with E-state index in [1.165, 1.54) is 0 Å². The fourth-order valence-corrected chi connectivity index (χ4v) is 2.69. The summed E-state index contributed by atoms with van der Waals surface area (Å²) in [7, 11) is 1.66. The van der Waals surface area contributed by atoms with E-state index in [0.29, 0.717) is 18.6 Å². The van der Waals surface area contributed by atoms with Crippen molar-refractivity contribution in [1.82, 2.24) is 0 Å². The number of fused-ring (bicyclic) bond motifs is 1. The van der Waals surface area contributed by atoms with Crippen molar-refractivity contribution in [3.63, 3.8) is 0 Å². The number of carboxylic acid groups (broad SMARTS) is 1. The van der Waals surface area contributed by atoms with Crippen molar-refractivity contribution >= 4 is 5.97 Å². The van der Waals surface area contributed by atoms with Crippen LogP contribution < -0.4 is 9.47 Å². The number of methoxy groups -OCH3 is 1. The lowest BCUT2D eigenvalue weighted by Gasteiger charge is -2.35. The lowest BCUT2D eigenvalue weighted by molar-refractivity contribution is -0.155. The molecule has 1 aromatic carbocycles. The molecular weight excluding hydrogens is 244 g/mol. The van der Waals surface area contributed by atoms with Gasteiger partial charge in [-0.15, -0.1) is 0 Å². The van der Waals surface area contributed by atoms with Gasteiger partial charge in [-0.2, -0.15) is 0 Å². The van der Waals surface area contributed by atoms with Gasteiger partial charge in [-0.05, 0) is 50.8 Å². The molecule has 0 saturated heterocycles. The highest BCUT2D eigenvalue weighted by atomic mass is 16.5. The topological polar surface area (TPSA) is 55.8 Å². The van der Waals surface area contributed by atoms with Crippen molar-refractivity contribution in [3.8, 4) is 11.5 Å². The van der Waals surface area contributed by atoms with Gasteiger partial charge in [0.15, 0.2) is 0 Å². The van der Waals surface area contributed by atoms with Crippen molar-refractivity contribution in [3.05, 3.63) is 22.3 Å². The monoisotopic (exact) mass is 264 g/mol. The van der Waals surface area contributed by atoms with Crippen molar-refractivity contribution in [2.75, 3.05) is 7.11 Å². The van der Waals surface area contributed by atoms with Crippen LogP contribution in [0.5, 0.6) is 11.5 Å². The molecule has 0 amide bonds. The van der Waals surface area contributed by atoms with E-state index in [4.69, 9.17) is 9.47 Å². The molecule has 0 fully saturated rings. The summed E-state index contributed by atoms with van der Waals surface area (Å²) in [6, 6.07) is 0. The third kappa shape index (κ3) is 1.95. The minimum atomic E-state index is -1.13. The first kappa shape index (κ1) is 13.7. The van der Waals surface area contributed by atoms with Gasteiger partial charge in [-0.3, -0.25) is 0 Å². The SMILES string of the molecule is COc1c(C)c(C)c2c(c1C)CCC(C)(C(=O)O)O2. The molecule has 1 aromatic rings. The highest BCUT2D eigenvalue weighted by Gasteiger charge is 2.40. The van der Waals surface area contributed by atoms with E-state index in [9.17, 15) is 9.90 Å². The number of hydrogen-bond donors (Lipinski definition) is 1. The zero-order valence-electron chi connectivity index (χ0n) is 12.1. The molecule has 4 heteroatoms. The van der Waals surface area contributed by atoms with Crippen LogP contribution in [0.25, 0.3) is 0 Å². The van der Waals surface area contributed by atoms with Gasteiger partial charge in [0.25, 0.3) is 0 Å². The first-order valence-electron chi connectivity index (χ1n) is 6.41. The Hall–Kier alpha value is -1.71. The van der Waals surface area contributed by atoms with Crippen LogP contribution in [-0.2, 0) is 11.2 Å². The Labute approximate surface area is 113 Å². The molecule has 4 nitrogen and oxygen atoms in total. The van der Waals surface area contributed by atoms with E-state index >= 15 is 0 Å². The van der Waals surface area contributed by atoms with Crippen LogP contribution in [0.4, 0.5) is 0 Å². The van der Waals surface area contributed by atoms with Crippen molar-refractivity contribution in [2.24, 2.45) is 0 Å². The zero-order chi connectivity index (χ0) is 14.4. The summed E-state index contributed by atoms with van der Waals surface area (Å²) in [4.78, 5) is 11.3. The number of hydrogen-bond acceptors (Lipinski definition) is 3. The Bertz CT molecular complexity index is 548. The number of carbonyl (C=O) groups is 1. The standard InChI is InChI=1S/C15H20O4/c1-8-9(2)13-11(10(3)12(8)18-5)6-7-15(4,19-13)14(16)17/h6-7H2,1-5H3,(H,16,17). The number of carboxylic acids is 1. The number of ether oxygens (including phenoxy) is 2. The highest BCUT2D eigenvalue weighted by molar-refractivity contribution is 5.78. The normalized spacial score (nSPS) is 21.5. The molecule has 0 radical (unpaired) electrons. The van der Waals surface area contributed by atoms with Gasteiger partial charge < -0.3 is 14.6 Å². The third-order valence-electron chi connectivity index (χ3n) is 4.15. The molecule has 1 unspecified atom stereocenters. The lowest BCUT2D eigenvalue weighted by Crippen LogP contribution is -2.44. The molecule has 0 spiro atoms. The summed E-state index contributed by atoms with van der Waals surface area (Å²) in [5.74, 6) is 0.675. The first-order chi connectivity index (χ1) is 8.81. The Balaban J connectivity index is 2.61. The summed E-state index contributed by atoms with van der Waals surface area (Å²) in [6.45, 7) is 7.55. The second-order valence-corrected chi connectivity index (χ2v) is 5.35. The molecule has 1 atom stereocenters. The predicted octanol–water partition coefficient (Wildman–Crippen LogP) is 2.79. The third-order valence-corrected chi connectivity index (χ3v) is 4.15. The van der Waals surface area contributed by atoms with Gasteiger partial charge >= 0.3 is 5.97 Å². The fourth-order valence-electron chi connectivity index (χ4n) is 2.69. The van der Waals surface area contributed by atoms with Gasteiger partial charge in [0, 0.05) is 12.0 Å². The average molecular weight is 264 g/mol. The van der Waals surface area contributed by atoms with Crippen LogP contribution in [0.15, 0.2) is 0 Å². The Morgan fingerprint density at radius 1 is 1.26 bits per heavy atom. The fraction of sp³-hybridized carbons (Fsp3) is 0.533. The van der Waals surface area contributed by atoms with E-state index in [1.807, 2.05) is 20.8 Å².